The molecule has 1 N–H and O–H groups in total. The van der Waals surface area contributed by atoms with E-state index in [1.807, 2.05) is 31.2 Å². The third kappa shape index (κ3) is 4.55. The molecule has 29 heavy (non-hydrogen) atoms. The molecule has 2 aromatic heterocycles. The molecule has 1 saturated heterocycles. The lowest BCUT2D eigenvalue weighted by molar-refractivity contribution is 0.0946. The second-order valence-electron chi connectivity index (χ2n) is 6.55. The number of amides is 1. The number of hydrogen-bond donors (Lipinski definition) is 1. The molecule has 0 radical (unpaired) electrons. The van der Waals surface area contributed by atoms with Crippen LogP contribution in [0.3, 0.4) is 0 Å². The molecule has 1 aliphatic rings. The molecule has 1 fully saturated rings. The molecule has 7 nitrogen and oxygen atoms in total. The molecular formula is C20H20ClN5O2S. The van der Waals surface area contributed by atoms with Crippen molar-refractivity contribution in [2.24, 2.45) is 0 Å². The van der Waals surface area contributed by atoms with Crippen molar-refractivity contribution in [3.8, 4) is 10.6 Å². The Bertz CT molecular complexity index is 1020. The summed E-state index contributed by atoms with van der Waals surface area (Å²) in [5.74, 6) is 0.498. The van der Waals surface area contributed by atoms with Crippen molar-refractivity contribution in [1.29, 1.82) is 0 Å². The molecule has 0 bridgehead atoms. The lowest BCUT2D eigenvalue weighted by Crippen LogP contribution is -2.37. The number of nitrogens with one attached hydrogen (secondary N) is 1. The van der Waals surface area contributed by atoms with Crippen molar-refractivity contribution in [2.75, 3.05) is 31.2 Å². The zero-order chi connectivity index (χ0) is 20.2. The number of nitrogens with zero attached hydrogens (tertiary/aromatic N) is 4. The van der Waals surface area contributed by atoms with Gasteiger partial charge in [0.25, 0.3) is 5.91 Å². The molecule has 0 atom stereocenters. The molecule has 1 amide bonds. The lowest BCUT2D eigenvalue weighted by Gasteiger charge is -2.27. The normalized spacial score (nSPS) is 14.1. The lowest BCUT2D eigenvalue weighted by atomic mass is 10.2. The first-order valence-electron chi connectivity index (χ1n) is 9.26. The maximum atomic E-state index is 12.6. The summed E-state index contributed by atoms with van der Waals surface area (Å²) in [5.41, 5.74) is 2.11. The highest BCUT2D eigenvalue weighted by atomic mass is 35.5. The Morgan fingerprint density at radius 3 is 2.86 bits per heavy atom. The Hall–Kier alpha value is -2.55. The number of halogens is 1. The number of benzene rings is 1. The van der Waals surface area contributed by atoms with Crippen LogP contribution in [0.5, 0.6) is 0 Å². The van der Waals surface area contributed by atoms with Gasteiger partial charge >= 0.3 is 0 Å². The van der Waals surface area contributed by atoms with Crippen molar-refractivity contribution in [3.63, 3.8) is 0 Å². The molecule has 1 aliphatic heterocycles. The number of anilines is 1. The second kappa shape index (κ2) is 8.86. The van der Waals surface area contributed by atoms with Gasteiger partial charge in [-0.25, -0.2) is 15.0 Å². The summed E-state index contributed by atoms with van der Waals surface area (Å²) in [6, 6.07) is 9.32. The molecule has 0 saturated carbocycles. The van der Waals surface area contributed by atoms with Crippen LogP contribution in [-0.2, 0) is 11.3 Å². The van der Waals surface area contributed by atoms with E-state index in [1.165, 1.54) is 17.7 Å². The van der Waals surface area contributed by atoms with Crippen molar-refractivity contribution in [2.45, 2.75) is 13.5 Å². The van der Waals surface area contributed by atoms with Crippen LogP contribution in [-0.4, -0.2) is 47.2 Å². The SMILES string of the molecule is Cc1nc(-c2ccccc2Cl)sc1CNC(=O)c1cc(N2CCOCC2)ncn1. The van der Waals surface area contributed by atoms with Crippen LogP contribution in [0.2, 0.25) is 5.02 Å². The van der Waals surface area contributed by atoms with E-state index < -0.39 is 0 Å². The number of thiazole rings is 1. The smallest absolute Gasteiger partial charge is 0.270 e. The predicted octanol–water partition coefficient (Wildman–Crippen LogP) is 3.33. The van der Waals surface area contributed by atoms with Gasteiger partial charge in [0, 0.05) is 29.6 Å². The van der Waals surface area contributed by atoms with Gasteiger partial charge in [-0.05, 0) is 13.0 Å². The first kappa shape index (κ1) is 19.8. The summed E-state index contributed by atoms with van der Waals surface area (Å²) < 4.78 is 5.36. The van der Waals surface area contributed by atoms with Gasteiger partial charge in [0.2, 0.25) is 0 Å². The van der Waals surface area contributed by atoms with Crippen LogP contribution in [0.25, 0.3) is 10.6 Å². The summed E-state index contributed by atoms with van der Waals surface area (Å²) in [5, 5.41) is 4.43. The van der Waals surface area contributed by atoms with E-state index in [9.17, 15) is 4.79 Å². The summed E-state index contributed by atoms with van der Waals surface area (Å²) in [7, 11) is 0. The summed E-state index contributed by atoms with van der Waals surface area (Å²) >= 11 is 7.80. The number of morpholine rings is 1. The van der Waals surface area contributed by atoms with E-state index in [0.717, 1.165) is 40.0 Å². The number of aromatic nitrogens is 3. The highest BCUT2D eigenvalue weighted by Crippen LogP contribution is 2.32. The van der Waals surface area contributed by atoms with Gasteiger partial charge in [0.1, 0.15) is 22.8 Å². The summed E-state index contributed by atoms with van der Waals surface area (Å²) in [6.07, 6.45) is 1.42. The molecular weight excluding hydrogens is 410 g/mol. The largest absolute Gasteiger partial charge is 0.378 e. The number of rotatable bonds is 5. The Labute approximate surface area is 177 Å². The third-order valence-corrected chi connectivity index (χ3v) is 6.15. The van der Waals surface area contributed by atoms with E-state index in [4.69, 9.17) is 16.3 Å². The van der Waals surface area contributed by atoms with Gasteiger partial charge in [-0.2, -0.15) is 0 Å². The molecule has 0 unspecified atom stereocenters. The van der Waals surface area contributed by atoms with Gasteiger partial charge in [-0.3, -0.25) is 4.79 Å². The van der Waals surface area contributed by atoms with Crippen molar-refractivity contribution < 1.29 is 9.53 Å². The van der Waals surface area contributed by atoms with Crippen LogP contribution in [0.4, 0.5) is 5.82 Å². The number of hydrogen-bond acceptors (Lipinski definition) is 7. The van der Waals surface area contributed by atoms with E-state index in [0.29, 0.717) is 30.5 Å². The van der Waals surface area contributed by atoms with E-state index in [1.54, 1.807) is 6.07 Å². The highest BCUT2D eigenvalue weighted by molar-refractivity contribution is 7.15. The Kier molecular flexibility index (Phi) is 6.03. The van der Waals surface area contributed by atoms with Crippen LogP contribution in [0, 0.1) is 6.92 Å². The van der Waals surface area contributed by atoms with Gasteiger partial charge in [0.05, 0.1) is 30.5 Å². The molecule has 4 rings (SSSR count). The Morgan fingerprint density at radius 1 is 1.28 bits per heavy atom. The van der Waals surface area contributed by atoms with Crippen LogP contribution in [0.15, 0.2) is 36.7 Å². The Balaban J connectivity index is 1.44. The van der Waals surface area contributed by atoms with Crippen LogP contribution < -0.4 is 10.2 Å². The number of ether oxygens (including phenoxy) is 1. The standard InChI is InChI=1S/C20H20ClN5O2S/c1-13-17(29-20(25-13)14-4-2-3-5-15(14)21)11-22-19(27)16-10-18(24-12-23-16)26-6-8-28-9-7-26/h2-5,10,12H,6-9,11H2,1H3,(H,22,27). The predicted molar refractivity (Wildman–Crippen MR) is 114 cm³/mol. The molecule has 150 valence electrons. The molecule has 3 heterocycles. The average molecular weight is 430 g/mol. The van der Waals surface area contributed by atoms with Crippen LogP contribution in [0.1, 0.15) is 21.1 Å². The van der Waals surface area contributed by atoms with Crippen LogP contribution >= 0.6 is 22.9 Å². The maximum Gasteiger partial charge on any atom is 0.270 e. The molecule has 3 aromatic rings. The van der Waals surface area contributed by atoms with E-state index in [2.05, 4.69) is 25.2 Å². The minimum atomic E-state index is -0.242. The van der Waals surface area contributed by atoms with Gasteiger partial charge in [-0.15, -0.1) is 11.3 Å². The monoisotopic (exact) mass is 429 g/mol. The first-order valence-corrected chi connectivity index (χ1v) is 10.5. The third-order valence-electron chi connectivity index (χ3n) is 4.63. The topological polar surface area (TPSA) is 80.2 Å². The van der Waals surface area contributed by atoms with Crippen molar-refractivity contribution >= 4 is 34.7 Å². The average Bonchev–Trinajstić information content (AvgIpc) is 3.13. The fourth-order valence-corrected chi connectivity index (χ4v) is 4.35. The fourth-order valence-electron chi connectivity index (χ4n) is 3.03. The first-order chi connectivity index (χ1) is 14.1. The molecule has 9 heteroatoms. The van der Waals surface area contributed by atoms with E-state index in [-0.39, 0.29) is 5.91 Å². The maximum absolute atomic E-state index is 12.6. The quantitative estimate of drug-likeness (QED) is 0.670. The fraction of sp³-hybridized carbons (Fsp3) is 0.300. The number of carbonyl (C=O) groups excluding carboxylic acids is 1. The molecule has 1 aromatic carbocycles. The summed E-state index contributed by atoms with van der Waals surface area (Å²) in [6.45, 7) is 5.13. The highest BCUT2D eigenvalue weighted by Gasteiger charge is 2.17. The van der Waals surface area contributed by atoms with E-state index >= 15 is 0 Å². The zero-order valence-corrected chi connectivity index (χ0v) is 17.5. The second-order valence-corrected chi connectivity index (χ2v) is 8.04. The van der Waals surface area contributed by atoms with Crippen molar-refractivity contribution in [3.05, 3.63) is 57.9 Å². The zero-order valence-electron chi connectivity index (χ0n) is 15.9. The minimum Gasteiger partial charge on any atom is -0.378 e. The van der Waals surface area contributed by atoms with Gasteiger partial charge in [0.15, 0.2) is 0 Å². The number of carbonyl (C=O) groups is 1. The summed E-state index contributed by atoms with van der Waals surface area (Å²) in [4.78, 5) is 28.7. The van der Waals surface area contributed by atoms with Gasteiger partial charge in [-0.1, -0.05) is 29.8 Å². The Morgan fingerprint density at radius 2 is 2.07 bits per heavy atom. The minimum absolute atomic E-state index is 0.242. The number of aryl methyl sites for hydroxylation is 1. The van der Waals surface area contributed by atoms with Gasteiger partial charge < -0.3 is 15.0 Å². The molecule has 0 spiro atoms. The van der Waals surface area contributed by atoms with Crippen molar-refractivity contribution in [1.82, 2.24) is 20.3 Å². The molecule has 0 aliphatic carbocycles.